The van der Waals surface area contributed by atoms with Gasteiger partial charge in [0.15, 0.2) is 0 Å². The fourth-order valence-electron chi connectivity index (χ4n) is 2.35. The lowest BCUT2D eigenvalue weighted by molar-refractivity contribution is 0.367. The van der Waals surface area contributed by atoms with Crippen molar-refractivity contribution in [3.8, 4) is 0 Å². The van der Waals surface area contributed by atoms with E-state index in [4.69, 9.17) is 0 Å². The van der Waals surface area contributed by atoms with Gasteiger partial charge in [-0.3, -0.25) is 0 Å². The Balaban J connectivity index is 0.000000444. The molecule has 0 saturated carbocycles. The first-order chi connectivity index (χ1) is 12.5. The van der Waals surface area contributed by atoms with Crippen molar-refractivity contribution in [3.05, 3.63) is 89.8 Å². The Hall–Kier alpha value is -2.32. The van der Waals surface area contributed by atoms with Gasteiger partial charge in [-0.05, 0) is 50.6 Å². The normalized spacial score (nSPS) is 20.2. The maximum absolute atomic E-state index is 9.40. The Morgan fingerprint density at radius 2 is 1.85 bits per heavy atom. The molecule has 0 atom stereocenters. The first-order valence-corrected chi connectivity index (χ1v) is 9.29. The second-order valence-electron chi connectivity index (χ2n) is 5.99. The van der Waals surface area contributed by atoms with Gasteiger partial charge >= 0.3 is 0 Å². The van der Waals surface area contributed by atoms with Gasteiger partial charge in [0.05, 0.1) is 0 Å². The summed E-state index contributed by atoms with van der Waals surface area (Å²) in [5.41, 5.74) is 3.74. The second kappa shape index (κ2) is 15.0. The van der Waals surface area contributed by atoms with Gasteiger partial charge in [0.2, 0.25) is 0 Å². The van der Waals surface area contributed by atoms with E-state index in [1.165, 1.54) is 16.7 Å². The molecule has 0 fully saturated rings. The van der Waals surface area contributed by atoms with E-state index in [0.29, 0.717) is 5.76 Å². The van der Waals surface area contributed by atoms with E-state index in [2.05, 4.69) is 49.7 Å². The third kappa shape index (κ3) is 11.3. The molecule has 0 spiro atoms. The lowest BCUT2D eigenvalue weighted by Crippen LogP contribution is -2.21. The van der Waals surface area contributed by atoms with Crippen molar-refractivity contribution in [2.45, 2.75) is 34.1 Å². The van der Waals surface area contributed by atoms with Crippen LogP contribution >= 0.6 is 0 Å². The second-order valence-corrected chi connectivity index (χ2v) is 5.99. The van der Waals surface area contributed by atoms with Crippen LogP contribution in [-0.2, 0) is 0 Å². The predicted molar refractivity (Wildman–Crippen MR) is 117 cm³/mol. The summed E-state index contributed by atoms with van der Waals surface area (Å²) in [6, 6.07) is 8.27. The molecular weight excluding hydrogens is 318 g/mol. The molecular formula is C24H35NO. The summed E-state index contributed by atoms with van der Waals surface area (Å²) < 4.78 is 0. The molecule has 1 aromatic rings. The van der Waals surface area contributed by atoms with Crippen molar-refractivity contribution < 1.29 is 5.11 Å². The summed E-state index contributed by atoms with van der Waals surface area (Å²) in [6.07, 6.45) is 14.3. The summed E-state index contributed by atoms with van der Waals surface area (Å²) in [7, 11) is 2.09. The van der Waals surface area contributed by atoms with E-state index in [1.807, 2.05) is 51.1 Å². The molecule has 1 aliphatic heterocycles. The SMILES string of the molecule is C=C/C=C\c1ccccc1C.CC.C\C1=C/C(O)=C\C=C\CCN(C)C1. The fraction of sp³-hybridized carbons (Fsp3) is 0.333. The minimum atomic E-state index is 0.337. The number of aliphatic hydroxyl groups is 1. The van der Waals surface area contributed by atoms with Crippen LogP contribution in [0.3, 0.4) is 0 Å². The van der Waals surface area contributed by atoms with Crippen LogP contribution in [0.25, 0.3) is 6.08 Å². The molecule has 2 nitrogen and oxygen atoms in total. The molecule has 1 aromatic carbocycles. The van der Waals surface area contributed by atoms with Crippen LogP contribution in [0, 0.1) is 6.92 Å². The molecule has 0 aromatic heterocycles. The highest BCUT2D eigenvalue weighted by Gasteiger charge is 1.99. The molecule has 0 bridgehead atoms. The molecule has 1 N–H and O–H groups in total. The number of rotatable bonds is 2. The van der Waals surface area contributed by atoms with Crippen molar-refractivity contribution in [2.75, 3.05) is 20.1 Å². The van der Waals surface area contributed by atoms with Crippen molar-refractivity contribution in [3.63, 3.8) is 0 Å². The molecule has 26 heavy (non-hydrogen) atoms. The van der Waals surface area contributed by atoms with Crippen molar-refractivity contribution in [1.29, 1.82) is 0 Å². The van der Waals surface area contributed by atoms with E-state index >= 15 is 0 Å². The molecule has 0 unspecified atom stereocenters. The van der Waals surface area contributed by atoms with Crippen LogP contribution in [-0.4, -0.2) is 30.1 Å². The van der Waals surface area contributed by atoms with Crippen LogP contribution in [0.5, 0.6) is 0 Å². The van der Waals surface area contributed by atoms with Gasteiger partial charge in [0.1, 0.15) is 5.76 Å². The highest BCUT2D eigenvalue weighted by atomic mass is 16.3. The fourth-order valence-corrected chi connectivity index (χ4v) is 2.35. The summed E-state index contributed by atoms with van der Waals surface area (Å²) in [4.78, 5) is 2.24. The third-order valence-corrected chi connectivity index (χ3v) is 3.59. The zero-order chi connectivity index (χ0) is 19.8. The van der Waals surface area contributed by atoms with Crippen LogP contribution in [0.4, 0.5) is 0 Å². The third-order valence-electron chi connectivity index (χ3n) is 3.59. The summed E-state index contributed by atoms with van der Waals surface area (Å²) in [6.45, 7) is 13.7. The lowest BCUT2D eigenvalue weighted by Gasteiger charge is -2.16. The molecule has 1 aliphatic rings. The number of aryl methyl sites for hydroxylation is 1. The number of hydrogen-bond donors (Lipinski definition) is 1. The van der Waals surface area contributed by atoms with Crippen LogP contribution in [0.2, 0.25) is 0 Å². The maximum atomic E-state index is 9.40. The zero-order valence-corrected chi connectivity index (χ0v) is 17.1. The summed E-state index contributed by atoms with van der Waals surface area (Å²) in [5, 5.41) is 9.40. The minimum absolute atomic E-state index is 0.337. The van der Waals surface area contributed by atoms with Crippen molar-refractivity contribution in [1.82, 2.24) is 4.90 Å². The Morgan fingerprint density at radius 3 is 2.50 bits per heavy atom. The topological polar surface area (TPSA) is 23.5 Å². The number of benzene rings is 1. The van der Waals surface area contributed by atoms with Crippen molar-refractivity contribution >= 4 is 6.08 Å². The highest BCUT2D eigenvalue weighted by molar-refractivity contribution is 5.54. The van der Waals surface area contributed by atoms with Crippen molar-refractivity contribution in [2.24, 2.45) is 0 Å². The van der Waals surface area contributed by atoms with Gasteiger partial charge in [-0.1, -0.05) is 80.6 Å². The Labute approximate surface area is 160 Å². The zero-order valence-electron chi connectivity index (χ0n) is 17.1. The number of likely N-dealkylation sites (N-methyl/N-ethyl adjacent to an activating group) is 1. The smallest absolute Gasteiger partial charge is 0.115 e. The van der Waals surface area contributed by atoms with Gasteiger partial charge in [-0.2, -0.15) is 0 Å². The average Bonchev–Trinajstić information content (AvgIpc) is 2.62. The Morgan fingerprint density at radius 1 is 1.15 bits per heavy atom. The van der Waals surface area contributed by atoms with Crippen LogP contribution in [0.1, 0.15) is 38.3 Å². The van der Waals surface area contributed by atoms with Crippen LogP contribution < -0.4 is 0 Å². The predicted octanol–water partition coefficient (Wildman–Crippen LogP) is 6.49. The van der Waals surface area contributed by atoms with E-state index in [0.717, 1.165) is 19.5 Å². The first-order valence-electron chi connectivity index (χ1n) is 9.29. The molecule has 0 aliphatic carbocycles. The quantitative estimate of drug-likeness (QED) is 0.614. The maximum Gasteiger partial charge on any atom is 0.115 e. The molecule has 2 heteroatoms. The number of nitrogens with zero attached hydrogens (tertiary/aromatic N) is 1. The van der Waals surface area contributed by atoms with Gasteiger partial charge in [-0.25, -0.2) is 0 Å². The number of hydrogen-bond acceptors (Lipinski definition) is 2. The van der Waals surface area contributed by atoms with Gasteiger partial charge < -0.3 is 10.0 Å². The minimum Gasteiger partial charge on any atom is -0.508 e. The monoisotopic (exact) mass is 353 g/mol. The molecule has 1 heterocycles. The lowest BCUT2D eigenvalue weighted by atomic mass is 10.1. The van der Waals surface area contributed by atoms with Gasteiger partial charge in [0, 0.05) is 13.1 Å². The average molecular weight is 354 g/mol. The van der Waals surface area contributed by atoms with Gasteiger partial charge in [-0.15, -0.1) is 0 Å². The summed E-state index contributed by atoms with van der Waals surface area (Å²) in [5.74, 6) is 0.337. The highest BCUT2D eigenvalue weighted by Crippen LogP contribution is 2.08. The standard InChI is InChI=1S/C11H17NO.C11H12.C2H6/c1-10-8-11(13)6-4-3-5-7-12(2)9-10;1-3-4-8-11-9-6-5-7-10(11)2;1-2/h3-4,6,8,13H,5,7,9H2,1-2H3;3-9H,1H2,2H3;1-2H3/b4-3+,10-8+,11-6+;8-4-;. The molecule has 0 amide bonds. The number of aliphatic hydroxyl groups excluding tert-OH is 1. The first kappa shape index (κ1) is 23.7. The molecule has 0 radical (unpaired) electrons. The van der Waals surface area contributed by atoms with E-state index in [-0.39, 0.29) is 0 Å². The Kier molecular flexibility index (Phi) is 13.6. The van der Waals surface area contributed by atoms with E-state index < -0.39 is 0 Å². The molecule has 142 valence electrons. The van der Waals surface area contributed by atoms with E-state index in [1.54, 1.807) is 12.2 Å². The largest absolute Gasteiger partial charge is 0.508 e. The Bertz CT molecular complexity index is 635. The summed E-state index contributed by atoms with van der Waals surface area (Å²) >= 11 is 0. The van der Waals surface area contributed by atoms with E-state index in [9.17, 15) is 5.11 Å². The number of allylic oxidation sites excluding steroid dienone is 5. The molecule has 0 saturated heterocycles. The molecule has 2 rings (SSSR count). The van der Waals surface area contributed by atoms with Gasteiger partial charge in [0.25, 0.3) is 0 Å². The van der Waals surface area contributed by atoms with Crippen LogP contribution in [0.15, 0.2) is 78.6 Å².